The average Bonchev–Trinajstić information content (AvgIpc) is 2.55. The molecule has 1 aliphatic heterocycles. The highest BCUT2D eigenvalue weighted by molar-refractivity contribution is 5.18. The van der Waals surface area contributed by atoms with E-state index in [1.54, 1.807) is 6.07 Å². The number of nitrogens with two attached hydrogens (primary N) is 1. The summed E-state index contributed by atoms with van der Waals surface area (Å²) in [4.78, 5) is 2.19. The summed E-state index contributed by atoms with van der Waals surface area (Å²) >= 11 is 0. The van der Waals surface area contributed by atoms with Gasteiger partial charge in [-0.3, -0.25) is 4.90 Å². The zero-order valence-corrected chi connectivity index (χ0v) is 9.29. The van der Waals surface area contributed by atoms with Crippen LogP contribution in [0.1, 0.15) is 18.9 Å². The summed E-state index contributed by atoms with van der Waals surface area (Å²) in [6, 6.07) is 4.53. The second-order valence-electron chi connectivity index (χ2n) is 4.41. The summed E-state index contributed by atoms with van der Waals surface area (Å²) in [5.74, 6) is -1.58. The molecule has 2 nitrogen and oxygen atoms in total. The van der Waals surface area contributed by atoms with Crippen LogP contribution in [0, 0.1) is 11.6 Å². The predicted octanol–water partition coefficient (Wildman–Crippen LogP) is 1.89. The molecule has 16 heavy (non-hydrogen) atoms. The summed E-state index contributed by atoms with van der Waals surface area (Å²) < 4.78 is 25.8. The summed E-state index contributed by atoms with van der Waals surface area (Å²) in [5, 5.41) is 0. The zero-order chi connectivity index (χ0) is 11.7. The summed E-state index contributed by atoms with van der Waals surface area (Å²) in [7, 11) is 0. The first kappa shape index (κ1) is 11.5. The van der Waals surface area contributed by atoms with Gasteiger partial charge in [-0.25, -0.2) is 8.78 Å². The van der Waals surface area contributed by atoms with Gasteiger partial charge in [0.25, 0.3) is 0 Å². The standard InChI is InChI=1S/C12H16F2N2/c1-8-12(15)4-5-16(8)7-9-2-3-10(13)11(14)6-9/h2-3,6,8,12H,4-5,7,15H2,1H3. The minimum absolute atomic E-state index is 0.185. The molecule has 0 spiro atoms. The topological polar surface area (TPSA) is 29.3 Å². The molecule has 2 rings (SSSR count). The van der Waals surface area contributed by atoms with Gasteiger partial charge in [0.15, 0.2) is 11.6 Å². The number of halogens is 2. The van der Waals surface area contributed by atoms with Crippen molar-refractivity contribution in [2.45, 2.75) is 32.0 Å². The van der Waals surface area contributed by atoms with Gasteiger partial charge in [0.05, 0.1) is 0 Å². The Bertz CT molecular complexity index is 381. The Morgan fingerprint density at radius 1 is 1.38 bits per heavy atom. The molecule has 2 unspecified atom stereocenters. The van der Waals surface area contributed by atoms with Crippen molar-refractivity contribution in [3.8, 4) is 0 Å². The van der Waals surface area contributed by atoms with E-state index in [2.05, 4.69) is 11.8 Å². The maximum Gasteiger partial charge on any atom is 0.159 e. The molecule has 1 aromatic carbocycles. The van der Waals surface area contributed by atoms with E-state index in [1.807, 2.05) is 0 Å². The lowest BCUT2D eigenvalue weighted by Gasteiger charge is -2.22. The van der Waals surface area contributed by atoms with Crippen LogP contribution in [0.2, 0.25) is 0 Å². The minimum atomic E-state index is -0.796. The lowest BCUT2D eigenvalue weighted by atomic mass is 10.1. The second-order valence-corrected chi connectivity index (χ2v) is 4.41. The van der Waals surface area contributed by atoms with Crippen molar-refractivity contribution >= 4 is 0 Å². The summed E-state index contributed by atoms with van der Waals surface area (Å²) in [6.07, 6.45) is 0.963. The first-order valence-corrected chi connectivity index (χ1v) is 5.51. The van der Waals surface area contributed by atoms with Gasteiger partial charge in [0.2, 0.25) is 0 Å². The van der Waals surface area contributed by atoms with Gasteiger partial charge in [0, 0.05) is 25.2 Å². The van der Waals surface area contributed by atoms with Gasteiger partial charge in [-0.2, -0.15) is 0 Å². The predicted molar refractivity (Wildman–Crippen MR) is 58.8 cm³/mol. The highest BCUT2D eigenvalue weighted by atomic mass is 19.2. The van der Waals surface area contributed by atoms with E-state index < -0.39 is 11.6 Å². The summed E-state index contributed by atoms with van der Waals surface area (Å²) in [6.45, 7) is 3.62. The Labute approximate surface area is 94.0 Å². The zero-order valence-electron chi connectivity index (χ0n) is 9.29. The normalized spacial score (nSPS) is 26.2. The van der Waals surface area contributed by atoms with E-state index in [0.717, 1.165) is 18.5 Å². The first-order chi connectivity index (χ1) is 7.58. The molecule has 1 aliphatic rings. The smallest absolute Gasteiger partial charge is 0.159 e. The Kier molecular flexibility index (Phi) is 3.21. The molecule has 2 atom stereocenters. The largest absolute Gasteiger partial charge is 0.326 e. The monoisotopic (exact) mass is 226 g/mol. The maximum absolute atomic E-state index is 13.0. The van der Waals surface area contributed by atoms with Gasteiger partial charge >= 0.3 is 0 Å². The van der Waals surface area contributed by atoms with Gasteiger partial charge in [-0.05, 0) is 31.0 Å². The van der Waals surface area contributed by atoms with Crippen LogP contribution in [0.5, 0.6) is 0 Å². The summed E-state index contributed by atoms with van der Waals surface area (Å²) in [5.41, 5.74) is 6.69. The van der Waals surface area contributed by atoms with E-state index in [0.29, 0.717) is 12.6 Å². The number of nitrogens with zero attached hydrogens (tertiary/aromatic N) is 1. The molecule has 0 saturated carbocycles. The lowest BCUT2D eigenvalue weighted by Crippen LogP contribution is -2.36. The van der Waals surface area contributed by atoms with E-state index in [4.69, 9.17) is 5.73 Å². The van der Waals surface area contributed by atoms with Crippen LogP contribution in [-0.4, -0.2) is 23.5 Å². The van der Waals surface area contributed by atoms with Crippen molar-refractivity contribution in [2.24, 2.45) is 5.73 Å². The Morgan fingerprint density at radius 2 is 2.12 bits per heavy atom. The lowest BCUT2D eigenvalue weighted by molar-refractivity contribution is 0.251. The molecule has 1 saturated heterocycles. The van der Waals surface area contributed by atoms with Crippen molar-refractivity contribution in [3.63, 3.8) is 0 Å². The highest BCUT2D eigenvalue weighted by Gasteiger charge is 2.27. The Morgan fingerprint density at radius 3 is 2.69 bits per heavy atom. The molecule has 88 valence electrons. The van der Waals surface area contributed by atoms with Gasteiger partial charge in [0.1, 0.15) is 0 Å². The van der Waals surface area contributed by atoms with Crippen molar-refractivity contribution in [1.29, 1.82) is 0 Å². The van der Waals surface area contributed by atoms with Gasteiger partial charge in [-0.15, -0.1) is 0 Å². The number of hydrogen-bond donors (Lipinski definition) is 1. The number of rotatable bonds is 2. The molecule has 4 heteroatoms. The fraction of sp³-hybridized carbons (Fsp3) is 0.500. The van der Waals surface area contributed by atoms with Crippen LogP contribution in [0.4, 0.5) is 8.78 Å². The number of hydrogen-bond acceptors (Lipinski definition) is 2. The van der Waals surface area contributed by atoms with Gasteiger partial charge < -0.3 is 5.73 Å². The van der Waals surface area contributed by atoms with Crippen molar-refractivity contribution in [3.05, 3.63) is 35.4 Å². The molecule has 1 heterocycles. The second kappa shape index (κ2) is 4.47. The molecule has 0 aromatic heterocycles. The SMILES string of the molecule is CC1C(N)CCN1Cc1ccc(F)c(F)c1. The molecule has 1 aromatic rings. The first-order valence-electron chi connectivity index (χ1n) is 5.51. The third-order valence-corrected chi connectivity index (χ3v) is 3.31. The van der Waals surface area contributed by atoms with Crippen LogP contribution in [0.15, 0.2) is 18.2 Å². The van der Waals surface area contributed by atoms with Crippen molar-refractivity contribution in [2.75, 3.05) is 6.54 Å². The number of benzene rings is 1. The average molecular weight is 226 g/mol. The van der Waals surface area contributed by atoms with Crippen LogP contribution in [0.3, 0.4) is 0 Å². The third kappa shape index (κ3) is 2.23. The van der Waals surface area contributed by atoms with Gasteiger partial charge in [-0.1, -0.05) is 6.07 Å². The molecular weight excluding hydrogens is 210 g/mol. The Balaban J connectivity index is 2.07. The van der Waals surface area contributed by atoms with Crippen molar-refractivity contribution < 1.29 is 8.78 Å². The van der Waals surface area contributed by atoms with E-state index in [9.17, 15) is 8.78 Å². The van der Waals surface area contributed by atoms with Crippen LogP contribution in [0.25, 0.3) is 0 Å². The third-order valence-electron chi connectivity index (χ3n) is 3.31. The minimum Gasteiger partial charge on any atom is -0.326 e. The molecular formula is C12H16F2N2. The fourth-order valence-corrected chi connectivity index (χ4v) is 2.13. The fourth-order valence-electron chi connectivity index (χ4n) is 2.13. The molecule has 0 radical (unpaired) electrons. The Hall–Kier alpha value is -1.00. The van der Waals surface area contributed by atoms with E-state index in [-0.39, 0.29) is 6.04 Å². The number of likely N-dealkylation sites (tertiary alicyclic amines) is 1. The molecule has 2 N–H and O–H groups in total. The van der Waals surface area contributed by atoms with Crippen molar-refractivity contribution in [1.82, 2.24) is 4.90 Å². The van der Waals surface area contributed by atoms with Crippen LogP contribution in [-0.2, 0) is 6.54 Å². The van der Waals surface area contributed by atoms with E-state index >= 15 is 0 Å². The molecule has 0 aliphatic carbocycles. The highest BCUT2D eigenvalue weighted by Crippen LogP contribution is 2.19. The van der Waals surface area contributed by atoms with Crippen LogP contribution < -0.4 is 5.73 Å². The van der Waals surface area contributed by atoms with Crippen LogP contribution >= 0.6 is 0 Å². The quantitative estimate of drug-likeness (QED) is 0.834. The molecule has 0 bridgehead atoms. The maximum atomic E-state index is 13.0. The van der Waals surface area contributed by atoms with E-state index in [1.165, 1.54) is 12.1 Å². The molecule has 0 amide bonds. The molecule has 1 fully saturated rings.